The van der Waals surface area contributed by atoms with Gasteiger partial charge in [-0.3, -0.25) is 4.99 Å². The molecule has 2 nitrogen and oxygen atoms in total. The van der Waals surface area contributed by atoms with Crippen LogP contribution in [-0.4, -0.2) is 27.6 Å². The minimum absolute atomic E-state index is 0.0209. The highest BCUT2D eigenvalue weighted by atomic mass is 32.1. The lowest BCUT2D eigenvalue weighted by atomic mass is 10.0. The van der Waals surface area contributed by atoms with Crippen LogP contribution in [0, 0.1) is 0 Å². The maximum Gasteiger partial charge on any atom is 0.0612 e. The summed E-state index contributed by atoms with van der Waals surface area (Å²) in [4.78, 5) is 7.00. The van der Waals surface area contributed by atoms with Crippen LogP contribution in [0.3, 0.4) is 0 Å². The van der Waals surface area contributed by atoms with Crippen molar-refractivity contribution in [1.82, 2.24) is 4.90 Å². The van der Waals surface area contributed by atoms with E-state index in [2.05, 4.69) is 84.0 Å². The summed E-state index contributed by atoms with van der Waals surface area (Å²) in [5.74, 6) is 0.728. The Labute approximate surface area is 119 Å². The van der Waals surface area contributed by atoms with E-state index in [1.54, 1.807) is 0 Å². The Morgan fingerprint density at radius 1 is 1.17 bits per heavy atom. The molecule has 0 N–H and O–H groups in total. The van der Waals surface area contributed by atoms with Gasteiger partial charge in [-0.25, -0.2) is 0 Å². The number of hydrogen-bond donors (Lipinski definition) is 1. The van der Waals surface area contributed by atoms with Crippen LogP contribution in [0.15, 0.2) is 16.8 Å². The SMILES string of the molecule is CC/C(=C/C(C)=NC(C)(C)C)N(CS)C(C)(C)C. The molecule has 0 aliphatic heterocycles. The van der Waals surface area contributed by atoms with E-state index < -0.39 is 0 Å². The molecule has 0 aliphatic rings. The molecule has 0 saturated heterocycles. The lowest BCUT2D eigenvalue weighted by Gasteiger charge is -2.38. The van der Waals surface area contributed by atoms with Crippen molar-refractivity contribution in [2.75, 3.05) is 5.88 Å². The van der Waals surface area contributed by atoms with Crippen LogP contribution in [-0.2, 0) is 0 Å². The third kappa shape index (κ3) is 6.48. The summed E-state index contributed by atoms with van der Waals surface area (Å²) >= 11 is 4.46. The van der Waals surface area contributed by atoms with E-state index in [4.69, 9.17) is 0 Å². The maximum absolute atomic E-state index is 4.68. The molecule has 0 radical (unpaired) electrons. The summed E-state index contributed by atoms with van der Waals surface area (Å²) in [6, 6.07) is 0. The number of hydrogen-bond acceptors (Lipinski definition) is 3. The molecule has 0 aromatic rings. The Hall–Kier alpha value is -0.440. The standard InChI is InChI=1S/C15H30N2S/c1-9-13(17(11-18)15(6,7)8)10-12(2)16-14(3,4)5/h10,18H,9,11H2,1-8H3/b13-10-,16-12?. The molecule has 0 saturated carbocycles. The molecule has 0 heterocycles. The van der Waals surface area contributed by atoms with Crippen molar-refractivity contribution < 1.29 is 0 Å². The van der Waals surface area contributed by atoms with Gasteiger partial charge in [0.05, 0.1) is 11.4 Å². The number of thiol groups is 1. The van der Waals surface area contributed by atoms with Gasteiger partial charge in [-0.1, -0.05) is 6.92 Å². The minimum Gasteiger partial charge on any atom is -0.361 e. The molecule has 0 aliphatic carbocycles. The summed E-state index contributed by atoms with van der Waals surface area (Å²) < 4.78 is 0. The van der Waals surface area contributed by atoms with Crippen molar-refractivity contribution in [1.29, 1.82) is 0 Å². The molecule has 3 heteroatoms. The quantitative estimate of drug-likeness (QED) is 0.451. The molecule has 0 unspecified atom stereocenters. The van der Waals surface area contributed by atoms with E-state index in [0.717, 1.165) is 18.0 Å². The molecular formula is C15H30N2S. The fourth-order valence-electron chi connectivity index (χ4n) is 1.91. The van der Waals surface area contributed by atoms with E-state index in [0.29, 0.717) is 0 Å². The maximum atomic E-state index is 4.68. The second-order valence-corrected chi connectivity index (χ2v) is 6.94. The highest BCUT2D eigenvalue weighted by Gasteiger charge is 2.21. The zero-order chi connectivity index (χ0) is 14.6. The number of allylic oxidation sites excluding steroid dienone is 2. The van der Waals surface area contributed by atoms with Gasteiger partial charge in [0.2, 0.25) is 0 Å². The molecule has 0 amide bonds. The first-order chi connectivity index (χ1) is 8.01. The molecule has 0 aromatic carbocycles. The first kappa shape index (κ1) is 17.6. The van der Waals surface area contributed by atoms with Crippen LogP contribution in [0.5, 0.6) is 0 Å². The van der Waals surface area contributed by atoms with E-state index >= 15 is 0 Å². The summed E-state index contributed by atoms with van der Waals surface area (Å²) in [5.41, 5.74) is 2.44. The Bertz CT molecular complexity index is 316. The highest BCUT2D eigenvalue weighted by Crippen LogP contribution is 2.22. The average Bonchev–Trinajstić information content (AvgIpc) is 2.11. The van der Waals surface area contributed by atoms with Gasteiger partial charge < -0.3 is 4.90 Å². The fraction of sp³-hybridized carbons (Fsp3) is 0.800. The molecular weight excluding hydrogens is 240 g/mol. The van der Waals surface area contributed by atoms with Gasteiger partial charge in [-0.2, -0.15) is 12.6 Å². The highest BCUT2D eigenvalue weighted by molar-refractivity contribution is 7.80. The van der Waals surface area contributed by atoms with Crippen LogP contribution in [0.25, 0.3) is 0 Å². The zero-order valence-electron chi connectivity index (χ0n) is 13.3. The Morgan fingerprint density at radius 3 is 1.94 bits per heavy atom. The summed E-state index contributed by atoms with van der Waals surface area (Å²) in [6.45, 7) is 17.2. The molecule has 0 fully saturated rings. The minimum atomic E-state index is -0.0209. The molecule has 106 valence electrons. The van der Waals surface area contributed by atoms with Crippen LogP contribution < -0.4 is 0 Å². The lowest BCUT2D eigenvalue weighted by Crippen LogP contribution is -2.39. The zero-order valence-corrected chi connectivity index (χ0v) is 14.2. The normalized spacial score (nSPS) is 14.9. The van der Waals surface area contributed by atoms with Gasteiger partial charge in [-0.05, 0) is 61.0 Å². The largest absolute Gasteiger partial charge is 0.361 e. The predicted molar refractivity (Wildman–Crippen MR) is 86.7 cm³/mol. The molecule has 0 spiro atoms. The third-order valence-electron chi connectivity index (χ3n) is 2.55. The molecule has 0 bridgehead atoms. The van der Waals surface area contributed by atoms with Crippen molar-refractivity contribution in [3.63, 3.8) is 0 Å². The Kier molecular flexibility index (Phi) is 6.48. The van der Waals surface area contributed by atoms with Gasteiger partial charge in [0.25, 0.3) is 0 Å². The van der Waals surface area contributed by atoms with Crippen molar-refractivity contribution in [2.24, 2.45) is 4.99 Å². The van der Waals surface area contributed by atoms with Crippen LogP contribution in [0.1, 0.15) is 61.8 Å². The molecule has 0 rings (SSSR count). The first-order valence-corrected chi connectivity index (χ1v) is 7.30. The van der Waals surface area contributed by atoms with E-state index in [-0.39, 0.29) is 11.1 Å². The summed E-state index contributed by atoms with van der Waals surface area (Å²) in [6.07, 6.45) is 3.18. The second kappa shape index (κ2) is 6.65. The third-order valence-corrected chi connectivity index (χ3v) is 2.83. The van der Waals surface area contributed by atoms with Crippen LogP contribution >= 0.6 is 12.6 Å². The van der Waals surface area contributed by atoms with Gasteiger partial charge in [0.1, 0.15) is 0 Å². The molecule has 0 aromatic heterocycles. The van der Waals surface area contributed by atoms with Crippen molar-refractivity contribution >= 4 is 18.3 Å². The fourth-order valence-corrected chi connectivity index (χ4v) is 2.51. The van der Waals surface area contributed by atoms with Gasteiger partial charge in [-0.15, -0.1) is 0 Å². The predicted octanol–water partition coefficient (Wildman–Crippen LogP) is 4.53. The van der Waals surface area contributed by atoms with Gasteiger partial charge in [0.15, 0.2) is 0 Å². The topological polar surface area (TPSA) is 15.6 Å². The van der Waals surface area contributed by atoms with Gasteiger partial charge in [0, 0.05) is 16.9 Å². The van der Waals surface area contributed by atoms with Crippen LogP contribution in [0.4, 0.5) is 0 Å². The lowest BCUT2D eigenvalue weighted by molar-refractivity contribution is 0.213. The summed E-state index contributed by atoms with van der Waals surface area (Å²) in [5, 5.41) is 0. The van der Waals surface area contributed by atoms with E-state index in [1.165, 1.54) is 5.70 Å². The van der Waals surface area contributed by atoms with Crippen molar-refractivity contribution in [2.45, 2.75) is 72.9 Å². The van der Waals surface area contributed by atoms with Gasteiger partial charge >= 0.3 is 0 Å². The van der Waals surface area contributed by atoms with Crippen molar-refractivity contribution in [3.8, 4) is 0 Å². The summed E-state index contributed by atoms with van der Waals surface area (Å²) in [7, 11) is 0. The number of rotatable bonds is 4. The number of nitrogens with zero attached hydrogens (tertiary/aromatic N) is 2. The first-order valence-electron chi connectivity index (χ1n) is 6.66. The Balaban J connectivity index is 5.25. The van der Waals surface area contributed by atoms with Crippen LogP contribution in [0.2, 0.25) is 0 Å². The van der Waals surface area contributed by atoms with E-state index in [9.17, 15) is 0 Å². The second-order valence-electron chi connectivity index (χ2n) is 6.65. The van der Waals surface area contributed by atoms with Crippen molar-refractivity contribution in [3.05, 3.63) is 11.8 Å². The molecule has 18 heavy (non-hydrogen) atoms. The Morgan fingerprint density at radius 2 is 1.67 bits per heavy atom. The molecule has 0 atom stereocenters. The average molecular weight is 270 g/mol. The van der Waals surface area contributed by atoms with E-state index in [1.807, 2.05) is 0 Å². The smallest absolute Gasteiger partial charge is 0.0612 e. The number of aliphatic imine (C=N–C) groups is 1. The monoisotopic (exact) mass is 270 g/mol.